The van der Waals surface area contributed by atoms with Gasteiger partial charge in [-0.2, -0.15) is 0 Å². The first kappa shape index (κ1) is 14.4. The van der Waals surface area contributed by atoms with E-state index in [0.717, 1.165) is 19.5 Å². The predicted octanol–water partition coefficient (Wildman–Crippen LogP) is 3.51. The summed E-state index contributed by atoms with van der Waals surface area (Å²) in [5.74, 6) is 1.64. The Morgan fingerprint density at radius 2 is 2.05 bits per heavy atom. The number of halogens is 1. The molecule has 2 aromatic rings. The molecule has 1 N–H and O–H groups in total. The van der Waals surface area contributed by atoms with Crippen LogP contribution in [0.15, 0.2) is 48.7 Å². The van der Waals surface area contributed by atoms with Gasteiger partial charge in [-0.1, -0.05) is 41.9 Å². The van der Waals surface area contributed by atoms with Gasteiger partial charge in [0.05, 0.1) is 11.6 Å². The van der Waals surface area contributed by atoms with Gasteiger partial charge in [0.25, 0.3) is 0 Å². The third kappa shape index (κ3) is 3.74. The van der Waals surface area contributed by atoms with E-state index in [-0.39, 0.29) is 0 Å². The molecule has 2 heterocycles. The summed E-state index contributed by atoms with van der Waals surface area (Å²) in [6.07, 6.45) is 2.74. The molecule has 3 nitrogen and oxygen atoms in total. The molecule has 1 saturated heterocycles. The number of pyridine rings is 1. The van der Waals surface area contributed by atoms with Crippen molar-refractivity contribution in [2.45, 2.75) is 12.3 Å². The molecule has 1 aliphatic heterocycles. The number of rotatable bonds is 4. The first-order valence-corrected chi connectivity index (χ1v) is 7.71. The Morgan fingerprint density at radius 3 is 2.81 bits per heavy atom. The quantitative estimate of drug-likeness (QED) is 0.938. The third-order valence-corrected chi connectivity index (χ3v) is 4.22. The van der Waals surface area contributed by atoms with Crippen molar-refractivity contribution in [1.82, 2.24) is 10.3 Å². The number of nitrogens with one attached hydrogen (secondary N) is 1. The minimum absolute atomic E-state index is 0.493. The Hall–Kier alpha value is -1.58. The summed E-state index contributed by atoms with van der Waals surface area (Å²) < 4.78 is 5.85. The summed E-state index contributed by atoms with van der Waals surface area (Å²) in [5, 5.41) is 4.11. The molecular formula is C17H19ClN2O. The van der Waals surface area contributed by atoms with Gasteiger partial charge in [-0.15, -0.1) is 0 Å². The average molecular weight is 303 g/mol. The molecule has 110 valence electrons. The molecule has 0 unspecified atom stereocenters. The van der Waals surface area contributed by atoms with Crippen molar-refractivity contribution in [3.63, 3.8) is 0 Å². The Kier molecular flexibility index (Phi) is 4.73. The number of hydrogen-bond acceptors (Lipinski definition) is 3. The second-order valence-electron chi connectivity index (χ2n) is 5.40. The lowest BCUT2D eigenvalue weighted by atomic mass is 9.82. The Bertz CT molecular complexity index is 559. The van der Waals surface area contributed by atoms with Gasteiger partial charge in [-0.3, -0.25) is 0 Å². The Morgan fingerprint density at radius 1 is 1.19 bits per heavy atom. The van der Waals surface area contributed by atoms with Crippen molar-refractivity contribution >= 4 is 11.6 Å². The van der Waals surface area contributed by atoms with Gasteiger partial charge in [0.2, 0.25) is 5.88 Å². The molecule has 1 aromatic carbocycles. The van der Waals surface area contributed by atoms with E-state index in [2.05, 4.69) is 40.6 Å². The van der Waals surface area contributed by atoms with Crippen LogP contribution < -0.4 is 10.1 Å². The van der Waals surface area contributed by atoms with Crippen molar-refractivity contribution in [1.29, 1.82) is 0 Å². The van der Waals surface area contributed by atoms with E-state index in [1.165, 1.54) is 5.56 Å². The fraction of sp³-hybridized carbons (Fsp3) is 0.353. The maximum atomic E-state index is 5.85. The maximum Gasteiger partial charge on any atom is 0.213 e. The highest BCUT2D eigenvalue weighted by Gasteiger charge is 2.26. The number of nitrogens with zero attached hydrogens (tertiary/aromatic N) is 1. The van der Waals surface area contributed by atoms with Crippen molar-refractivity contribution in [2.75, 3.05) is 19.7 Å². The molecular weight excluding hydrogens is 284 g/mol. The average Bonchev–Trinajstić information content (AvgIpc) is 2.55. The smallest absolute Gasteiger partial charge is 0.213 e. The summed E-state index contributed by atoms with van der Waals surface area (Å²) >= 11 is 5.84. The number of ether oxygens (including phenoxy) is 1. The zero-order valence-electron chi connectivity index (χ0n) is 11.8. The summed E-state index contributed by atoms with van der Waals surface area (Å²) in [6.45, 7) is 2.74. The largest absolute Gasteiger partial charge is 0.477 e. The molecule has 0 bridgehead atoms. The zero-order valence-corrected chi connectivity index (χ0v) is 12.6. The molecule has 1 fully saturated rings. The minimum atomic E-state index is 0.493. The SMILES string of the molecule is Clc1ccc(OC[C@H]2CCNC[C@@H]2c2ccccc2)nc1. The molecule has 4 heteroatoms. The number of benzene rings is 1. The molecule has 0 spiro atoms. The lowest BCUT2D eigenvalue weighted by Gasteiger charge is -2.32. The van der Waals surface area contributed by atoms with Crippen LogP contribution >= 0.6 is 11.6 Å². The second kappa shape index (κ2) is 6.92. The molecule has 0 aliphatic carbocycles. The van der Waals surface area contributed by atoms with Gasteiger partial charge in [-0.05, 0) is 24.6 Å². The summed E-state index contributed by atoms with van der Waals surface area (Å²) in [4.78, 5) is 4.19. The first-order valence-electron chi connectivity index (χ1n) is 7.33. The Labute approximate surface area is 130 Å². The van der Waals surface area contributed by atoms with Crippen LogP contribution in [0.3, 0.4) is 0 Å². The third-order valence-electron chi connectivity index (χ3n) is 4.00. The van der Waals surface area contributed by atoms with Crippen LogP contribution in [-0.4, -0.2) is 24.7 Å². The molecule has 21 heavy (non-hydrogen) atoms. The molecule has 0 saturated carbocycles. The highest BCUT2D eigenvalue weighted by atomic mass is 35.5. The lowest BCUT2D eigenvalue weighted by molar-refractivity contribution is 0.189. The normalized spacial score (nSPS) is 22.0. The van der Waals surface area contributed by atoms with E-state index in [4.69, 9.17) is 16.3 Å². The summed E-state index contributed by atoms with van der Waals surface area (Å²) in [7, 11) is 0. The summed E-state index contributed by atoms with van der Waals surface area (Å²) in [5.41, 5.74) is 1.38. The van der Waals surface area contributed by atoms with Crippen LogP contribution in [0.1, 0.15) is 17.9 Å². The standard InChI is InChI=1S/C17H19ClN2O/c18-15-6-7-17(20-10-15)21-12-14-8-9-19-11-16(14)13-4-2-1-3-5-13/h1-7,10,14,16,19H,8-9,11-12H2/t14-,16-/m1/s1. The van der Waals surface area contributed by atoms with Gasteiger partial charge >= 0.3 is 0 Å². The van der Waals surface area contributed by atoms with Crippen LogP contribution in [-0.2, 0) is 0 Å². The van der Waals surface area contributed by atoms with E-state index in [0.29, 0.717) is 29.3 Å². The molecule has 3 rings (SSSR count). The second-order valence-corrected chi connectivity index (χ2v) is 5.83. The van der Waals surface area contributed by atoms with Crippen molar-refractivity contribution in [3.05, 3.63) is 59.2 Å². The van der Waals surface area contributed by atoms with Gasteiger partial charge < -0.3 is 10.1 Å². The topological polar surface area (TPSA) is 34.1 Å². The highest BCUT2D eigenvalue weighted by molar-refractivity contribution is 6.30. The van der Waals surface area contributed by atoms with Crippen LogP contribution in [0.4, 0.5) is 0 Å². The van der Waals surface area contributed by atoms with E-state index < -0.39 is 0 Å². The lowest BCUT2D eigenvalue weighted by Crippen LogP contribution is -2.37. The van der Waals surface area contributed by atoms with Gasteiger partial charge in [0.1, 0.15) is 0 Å². The maximum absolute atomic E-state index is 5.85. The number of aromatic nitrogens is 1. The summed E-state index contributed by atoms with van der Waals surface area (Å²) in [6, 6.07) is 14.3. The number of piperidine rings is 1. The highest BCUT2D eigenvalue weighted by Crippen LogP contribution is 2.29. The molecule has 1 aromatic heterocycles. The van der Waals surface area contributed by atoms with E-state index in [1.54, 1.807) is 12.3 Å². The monoisotopic (exact) mass is 302 g/mol. The predicted molar refractivity (Wildman–Crippen MR) is 84.9 cm³/mol. The van der Waals surface area contributed by atoms with Crippen molar-refractivity contribution in [3.8, 4) is 5.88 Å². The van der Waals surface area contributed by atoms with E-state index in [9.17, 15) is 0 Å². The van der Waals surface area contributed by atoms with Crippen LogP contribution in [0.25, 0.3) is 0 Å². The van der Waals surface area contributed by atoms with Crippen molar-refractivity contribution in [2.24, 2.45) is 5.92 Å². The fourth-order valence-corrected chi connectivity index (χ4v) is 2.95. The first-order chi connectivity index (χ1) is 10.3. The number of hydrogen-bond donors (Lipinski definition) is 1. The van der Waals surface area contributed by atoms with Crippen LogP contribution in [0.2, 0.25) is 5.02 Å². The fourth-order valence-electron chi connectivity index (χ4n) is 2.84. The van der Waals surface area contributed by atoms with E-state index >= 15 is 0 Å². The molecule has 0 amide bonds. The minimum Gasteiger partial charge on any atom is -0.477 e. The van der Waals surface area contributed by atoms with E-state index in [1.807, 2.05) is 6.07 Å². The van der Waals surface area contributed by atoms with Gasteiger partial charge in [-0.25, -0.2) is 4.98 Å². The zero-order chi connectivity index (χ0) is 14.5. The Balaban J connectivity index is 1.66. The molecule has 1 aliphatic rings. The van der Waals surface area contributed by atoms with Crippen LogP contribution in [0.5, 0.6) is 5.88 Å². The van der Waals surface area contributed by atoms with Crippen LogP contribution in [0, 0.1) is 5.92 Å². The van der Waals surface area contributed by atoms with Crippen molar-refractivity contribution < 1.29 is 4.74 Å². The molecule has 2 atom stereocenters. The molecule has 0 radical (unpaired) electrons. The van der Waals surface area contributed by atoms with Gasteiger partial charge in [0, 0.05) is 30.6 Å². The van der Waals surface area contributed by atoms with Gasteiger partial charge in [0.15, 0.2) is 0 Å².